The molecule has 18 heavy (non-hydrogen) atoms. The molecule has 0 radical (unpaired) electrons. The lowest BCUT2D eigenvalue weighted by molar-refractivity contribution is -0.386. The molecule has 0 saturated carbocycles. The largest absolute Gasteiger partial charge is 0.492 e. The van der Waals surface area contributed by atoms with Gasteiger partial charge in [0, 0.05) is 0 Å². The van der Waals surface area contributed by atoms with Crippen molar-refractivity contribution in [2.45, 2.75) is 0 Å². The van der Waals surface area contributed by atoms with E-state index in [-0.39, 0.29) is 27.3 Å². The smallest absolute Gasteiger partial charge is 0.326 e. The number of rotatable bonds is 5. The third kappa shape index (κ3) is 2.10. The minimum Gasteiger partial charge on any atom is -0.492 e. The molecule has 0 amide bonds. The van der Waals surface area contributed by atoms with Crippen LogP contribution in [0.15, 0.2) is 4.47 Å². The van der Waals surface area contributed by atoms with Gasteiger partial charge in [0.2, 0.25) is 11.5 Å². The van der Waals surface area contributed by atoms with E-state index < -0.39 is 10.6 Å². The molecule has 0 atom stereocenters. The van der Waals surface area contributed by atoms with Crippen molar-refractivity contribution in [2.24, 2.45) is 0 Å². The number of ether oxygens (including phenoxy) is 3. The molecule has 1 aromatic rings. The second-order valence-electron chi connectivity index (χ2n) is 3.05. The molecule has 0 spiro atoms. The van der Waals surface area contributed by atoms with Gasteiger partial charge in [0.25, 0.3) is 0 Å². The van der Waals surface area contributed by atoms with Crippen LogP contribution in [-0.4, -0.2) is 32.5 Å². The van der Waals surface area contributed by atoms with Crippen LogP contribution in [0.4, 0.5) is 5.69 Å². The number of benzene rings is 1. The molecule has 0 aliphatic heterocycles. The average molecular weight is 320 g/mol. The van der Waals surface area contributed by atoms with Crippen LogP contribution in [0, 0.1) is 10.1 Å². The van der Waals surface area contributed by atoms with Gasteiger partial charge in [0.15, 0.2) is 12.0 Å². The Hall–Kier alpha value is -1.83. The first-order chi connectivity index (χ1) is 8.53. The van der Waals surface area contributed by atoms with Crippen LogP contribution < -0.4 is 14.2 Å². The molecule has 8 heteroatoms. The second kappa shape index (κ2) is 5.67. The molecular formula is C10H10BrNO6. The van der Waals surface area contributed by atoms with Crippen LogP contribution in [0.25, 0.3) is 0 Å². The zero-order valence-electron chi connectivity index (χ0n) is 9.85. The number of hydrogen-bond acceptors (Lipinski definition) is 6. The highest BCUT2D eigenvalue weighted by molar-refractivity contribution is 9.10. The summed E-state index contributed by atoms with van der Waals surface area (Å²) in [4.78, 5) is 21.3. The molecule has 0 aliphatic rings. The maximum Gasteiger partial charge on any atom is 0.326 e. The number of methoxy groups -OCH3 is 3. The van der Waals surface area contributed by atoms with Crippen molar-refractivity contribution >= 4 is 27.9 Å². The number of aldehydes is 1. The van der Waals surface area contributed by atoms with Crippen molar-refractivity contribution in [2.75, 3.05) is 21.3 Å². The molecule has 0 saturated heterocycles. The van der Waals surface area contributed by atoms with E-state index in [1.54, 1.807) is 0 Å². The van der Waals surface area contributed by atoms with E-state index in [9.17, 15) is 14.9 Å². The first-order valence-corrected chi connectivity index (χ1v) is 5.43. The van der Waals surface area contributed by atoms with Gasteiger partial charge in [-0.15, -0.1) is 0 Å². The van der Waals surface area contributed by atoms with Crippen molar-refractivity contribution in [1.82, 2.24) is 0 Å². The molecule has 1 rings (SSSR count). The summed E-state index contributed by atoms with van der Waals surface area (Å²) in [6.45, 7) is 0. The molecule has 0 fully saturated rings. The van der Waals surface area contributed by atoms with Crippen molar-refractivity contribution in [3.63, 3.8) is 0 Å². The summed E-state index contributed by atoms with van der Waals surface area (Å²) in [5, 5.41) is 11.0. The summed E-state index contributed by atoms with van der Waals surface area (Å²) in [6.07, 6.45) is 0.354. The van der Waals surface area contributed by atoms with E-state index in [4.69, 9.17) is 14.2 Å². The monoisotopic (exact) mass is 319 g/mol. The fraction of sp³-hybridized carbons (Fsp3) is 0.300. The van der Waals surface area contributed by atoms with E-state index in [2.05, 4.69) is 15.9 Å². The first-order valence-electron chi connectivity index (χ1n) is 4.64. The highest BCUT2D eigenvalue weighted by atomic mass is 79.9. The molecule has 0 heterocycles. The van der Waals surface area contributed by atoms with E-state index in [0.29, 0.717) is 6.29 Å². The summed E-state index contributed by atoms with van der Waals surface area (Å²) >= 11 is 3.08. The molecule has 0 unspecified atom stereocenters. The predicted molar refractivity (Wildman–Crippen MR) is 65.8 cm³/mol. The standard InChI is InChI=1S/C10H10BrNO6/c1-16-8-6(11)5(4-13)7(12(14)15)9(17-2)10(8)18-3/h4H,1-3H3. The Bertz CT molecular complexity index is 502. The van der Waals surface area contributed by atoms with Crippen LogP contribution in [0.2, 0.25) is 0 Å². The number of nitro benzene ring substituents is 1. The SMILES string of the molecule is COc1c(Br)c(C=O)c([N+](=O)[O-])c(OC)c1OC. The van der Waals surface area contributed by atoms with Gasteiger partial charge in [0.05, 0.1) is 30.7 Å². The van der Waals surface area contributed by atoms with Gasteiger partial charge < -0.3 is 14.2 Å². The van der Waals surface area contributed by atoms with Crippen LogP contribution in [-0.2, 0) is 0 Å². The fourth-order valence-electron chi connectivity index (χ4n) is 1.50. The molecular weight excluding hydrogens is 310 g/mol. The Balaban J connectivity index is 3.85. The molecule has 98 valence electrons. The Morgan fingerprint density at radius 1 is 1.11 bits per heavy atom. The van der Waals surface area contributed by atoms with Crippen molar-refractivity contribution in [1.29, 1.82) is 0 Å². The van der Waals surface area contributed by atoms with Gasteiger partial charge in [-0.05, 0) is 15.9 Å². The maximum absolute atomic E-state index is 11.0. The maximum atomic E-state index is 11.0. The quantitative estimate of drug-likeness (QED) is 0.469. The van der Waals surface area contributed by atoms with Gasteiger partial charge in [-0.3, -0.25) is 14.9 Å². The normalized spacial score (nSPS) is 9.78. The zero-order chi connectivity index (χ0) is 13.9. The second-order valence-corrected chi connectivity index (χ2v) is 3.84. The minimum absolute atomic E-state index is 0.0455. The van der Waals surface area contributed by atoms with Gasteiger partial charge in [-0.2, -0.15) is 0 Å². The van der Waals surface area contributed by atoms with Crippen LogP contribution in [0.5, 0.6) is 17.2 Å². The van der Waals surface area contributed by atoms with Crippen molar-refractivity contribution < 1.29 is 23.9 Å². The zero-order valence-corrected chi connectivity index (χ0v) is 11.4. The Morgan fingerprint density at radius 2 is 1.61 bits per heavy atom. The third-order valence-electron chi connectivity index (χ3n) is 2.23. The topological polar surface area (TPSA) is 87.9 Å². The van der Waals surface area contributed by atoms with Gasteiger partial charge >= 0.3 is 5.69 Å². The van der Waals surface area contributed by atoms with E-state index in [0.717, 1.165) is 0 Å². The van der Waals surface area contributed by atoms with Crippen LogP contribution in [0.3, 0.4) is 0 Å². The van der Waals surface area contributed by atoms with E-state index >= 15 is 0 Å². The molecule has 7 nitrogen and oxygen atoms in total. The van der Waals surface area contributed by atoms with Crippen molar-refractivity contribution in [3.05, 3.63) is 20.2 Å². The van der Waals surface area contributed by atoms with Gasteiger partial charge in [-0.1, -0.05) is 0 Å². The average Bonchev–Trinajstić information content (AvgIpc) is 2.36. The Labute approximate surface area is 111 Å². The molecule has 0 bridgehead atoms. The number of hydrogen-bond donors (Lipinski definition) is 0. The Morgan fingerprint density at radius 3 is 1.94 bits per heavy atom. The predicted octanol–water partition coefficient (Wildman–Crippen LogP) is 2.20. The summed E-state index contributed by atoms with van der Waals surface area (Å²) in [7, 11) is 3.91. The molecule has 0 aromatic heterocycles. The molecule has 0 N–H and O–H groups in total. The highest BCUT2D eigenvalue weighted by Gasteiger charge is 2.32. The molecule has 0 aliphatic carbocycles. The van der Waals surface area contributed by atoms with E-state index in [1.807, 2.05) is 0 Å². The Kier molecular flexibility index (Phi) is 4.49. The van der Waals surface area contributed by atoms with E-state index in [1.165, 1.54) is 21.3 Å². The lowest BCUT2D eigenvalue weighted by Gasteiger charge is -2.15. The van der Waals surface area contributed by atoms with Crippen molar-refractivity contribution in [3.8, 4) is 17.2 Å². The first kappa shape index (κ1) is 14.2. The number of carbonyl (C=O) groups excluding carboxylic acids is 1. The number of nitro groups is 1. The number of halogens is 1. The number of nitrogens with zero attached hydrogens (tertiary/aromatic N) is 1. The van der Waals surface area contributed by atoms with Gasteiger partial charge in [0.1, 0.15) is 5.56 Å². The molecule has 1 aromatic carbocycles. The van der Waals surface area contributed by atoms with Gasteiger partial charge in [-0.25, -0.2) is 0 Å². The van der Waals surface area contributed by atoms with Crippen LogP contribution in [0.1, 0.15) is 10.4 Å². The lowest BCUT2D eigenvalue weighted by Crippen LogP contribution is -2.04. The lowest BCUT2D eigenvalue weighted by atomic mass is 10.1. The summed E-state index contributed by atoms with van der Waals surface area (Å²) < 4.78 is 15.2. The minimum atomic E-state index is -0.713. The summed E-state index contributed by atoms with van der Waals surface area (Å²) in [6, 6.07) is 0. The summed E-state index contributed by atoms with van der Waals surface area (Å²) in [5.74, 6) is 0.0378. The highest BCUT2D eigenvalue weighted by Crippen LogP contribution is 2.50. The fourth-order valence-corrected chi connectivity index (χ4v) is 2.13. The third-order valence-corrected chi connectivity index (χ3v) is 3.02. The number of carbonyl (C=O) groups is 1. The summed E-state index contributed by atoms with van der Waals surface area (Å²) in [5.41, 5.74) is -0.647. The van der Waals surface area contributed by atoms with Crippen LogP contribution >= 0.6 is 15.9 Å².